The van der Waals surface area contributed by atoms with Gasteiger partial charge in [0.05, 0.1) is 5.69 Å². The third-order valence-corrected chi connectivity index (χ3v) is 3.32. The lowest BCUT2D eigenvalue weighted by Gasteiger charge is -2.12. The second kappa shape index (κ2) is 6.01. The van der Waals surface area contributed by atoms with Crippen LogP contribution in [-0.2, 0) is 6.42 Å². The molecule has 0 aliphatic heterocycles. The molecule has 0 bridgehead atoms. The molecule has 0 saturated heterocycles. The summed E-state index contributed by atoms with van der Waals surface area (Å²) in [5, 5.41) is 0. The van der Waals surface area contributed by atoms with Crippen molar-refractivity contribution >= 4 is 17.2 Å². The largest absolute Gasteiger partial charge is 0.455 e. The molecule has 0 aliphatic rings. The van der Waals surface area contributed by atoms with Crippen molar-refractivity contribution < 1.29 is 4.74 Å². The number of hydrogen-bond acceptors (Lipinski definition) is 3. The highest BCUT2D eigenvalue weighted by atomic mass is 32.1. The van der Waals surface area contributed by atoms with Crippen molar-refractivity contribution in [3.05, 3.63) is 52.8 Å². The predicted molar refractivity (Wildman–Crippen MR) is 85.5 cm³/mol. The summed E-state index contributed by atoms with van der Waals surface area (Å²) in [6.45, 7) is 6.01. The Morgan fingerprint density at radius 3 is 2.60 bits per heavy atom. The van der Waals surface area contributed by atoms with E-state index in [9.17, 15) is 0 Å². The zero-order valence-electron chi connectivity index (χ0n) is 11.9. The number of benzene rings is 1. The molecule has 20 heavy (non-hydrogen) atoms. The Morgan fingerprint density at radius 1 is 1.25 bits per heavy atom. The van der Waals surface area contributed by atoms with Crippen LogP contribution in [-0.4, -0.2) is 9.97 Å². The highest BCUT2D eigenvalue weighted by Crippen LogP contribution is 2.26. The Kier molecular flexibility index (Phi) is 4.35. The molecule has 0 atom stereocenters. The number of ether oxygens (including phenoxy) is 1. The molecular formula is C16H18N2OS. The van der Waals surface area contributed by atoms with Crippen LogP contribution in [0.5, 0.6) is 11.5 Å². The minimum atomic E-state index is 0.403. The lowest BCUT2D eigenvalue weighted by Crippen LogP contribution is -2.10. The van der Waals surface area contributed by atoms with E-state index in [4.69, 9.17) is 22.7 Å². The lowest BCUT2D eigenvalue weighted by atomic mass is 10.1. The average Bonchev–Trinajstić information content (AvgIpc) is 2.40. The maximum Gasteiger partial charge on any atom is 0.148 e. The summed E-state index contributed by atoms with van der Waals surface area (Å²) in [4.78, 5) is 4.89. The summed E-state index contributed by atoms with van der Waals surface area (Å²) in [5.74, 6) is 1.56. The quantitative estimate of drug-likeness (QED) is 0.871. The van der Waals surface area contributed by atoms with Gasteiger partial charge in [-0.1, -0.05) is 19.1 Å². The fraction of sp³-hybridized carbons (Fsp3) is 0.250. The molecule has 1 aromatic heterocycles. The molecule has 2 N–H and O–H groups in total. The van der Waals surface area contributed by atoms with E-state index in [1.165, 1.54) is 0 Å². The van der Waals surface area contributed by atoms with E-state index in [0.717, 1.165) is 40.4 Å². The zero-order valence-corrected chi connectivity index (χ0v) is 12.8. The van der Waals surface area contributed by atoms with Gasteiger partial charge in [0.2, 0.25) is 0 Å². The molecule has 1 heterocycles. The van der Waals surface area contributed by atoms with E-state index in [2.05, 4.69) is 11.9 Å². The van der Waals surface area contributed by atoms with Crippen LogP contribution in [0.2, 0.25) is 0 Å². The van der Waals surface area contributed by atoms with Gasteiger partial charge in [-0.25, -0.2) is 0 Å². The Labute approximate surface area is 124 Å². The Bertz CT molecular complexity index is 653. The Balaban J connectivity index is 2.31. The normalized spacial score (nSPS) is 10.3. The van der Waals surface area contributed by atoms with Crippen LogP contribution in [0.4, 0.5) is 0 Å². The third kappa shape index (κ3) is 3.14. The smallest absolute Gasteiger partial charge is 0.148 e. The van der Waals surface area contributed by atoms with Crippen molar-refractivity contribution in [2.24, 2.45) is 5.73 Å². The van der Waals surface area contributed by atoms with E-state index in [1.807, 2.05) is 44.2 Å². The molecule has 1 aromatic carbocycles. The van der Waals surface area contributed by atoms with E-state index < -0.39 is 0 Å². The minimum Gasteiger partial charge on any atom is -0.455 e. The van der Waals surface area contributed by atoms with Gasteiger partial charge in [-0.3, -0.25) is 4.98 Å². The first-order valence-corrected chi connectivity index (χ1v) is 6.97. The van der Waals surface area contributed by atoms with Crippen LogP contribution in [0.1, 0.15) is 29.4 Å². The second-order valence-electron chi connectivity index (χ2n) is 4.69. The first kappa shape index (κ1) is 14.5. The molecule has 104 valence electrons. The number of aryl methyl sites for hydroxylation is 3. The van der Waals surface area contributed by atoms with Crippen LogP contribution in [0.25, 0.3) is 0 Å². The van der Waals surface area contributed by atoms with Gasteiger partial charge in [-0.05, 0) is 56.2 Å². The maximum absolute atomic E-state index is 5.92. The van der Waals surface area contributed by atoms with Crippen LogP contribution in [0.15, 0.2) is 30.3 Å². The summed E-state index contributed by atoms with van der Waals surface area (Å²) in [6.07, 6.45) is 0.834. The van der Waals surface area contributed by atoms with Crippen molar-refractivity contribution in [2.45, 2.75) is 27.2 Å². The molecule has 0 spiro atoms. The number of hydrogen-bond donors (Lipinski definition) is 1. The van der Waals surface area contributed by atoms with Crippen LogP contribution >= 0.6 is 12.2 Å². The predicted octanol–water partition coefficient (Wildman–Crippen LogP) is 3.69. The highest BCUT2D eigenvalue weighted by molar-refractivity contribution is 7.80. The van der Waals surface area contributed by atoms with Crippen LogP contribution in [0.3, 0.4) is 0 Å². The van der Waals surface area contributed by atoms with E-state index in [-0.39, 0.29) is 0 Å². The molecule has 0 saturated carbocycles. The van der Waals surface area contributed by atoms with Gasteiger partial charge in [0, 0.05) is 11.3 Å². The summed E-state index contributed by atoms with van der Waals surface area (Å²) in [5.41, 5.74) is 9.50. The van der Waals surface area contributed by atoms with Crippen LogP contribution < -0.4 is 10.5 Å². The third-order valence-electron chi connectivity index (χ3n) is 3.10. The molecule has 2 aromatic rings. The molecule has 0 amide bonds. The van der Waals surface area contributed by atoms with Gasteiger partial charge in [0.15, 0.2) is 0 Å². The SMILES string of the molecule is CCc1nc(C)ccc1Oc1ccc(C(N)=S)c(C)c1. The van der Waals surface area contributed by atoms with Crippen molar-refractivity contribution in [3.8, 4) is 11.5 Å². The van der Waals surface area contributed by atoms with Gasteiger partial charge in [0.1, 0.15) is 16.5 Å². The fourth-order valence-electron chi connectivity index (χ4n) is 2.05. The van der Waals surface area contributed by atoms with Crippen molar-refractivity contribution in [1.29, 1.82) is 0 Å². The second-order valence-corrected chi connectivity index (χ2v) is 5.13. The summed E-state index contributed by atoms with van der Waals surface area (Å²) in [7, 11) is 0. The Hall–Kier alpha value is -1.94. The summed E-state index contributed by atoms with van der Waals surface area (Å²) < 4.78 is 5.92. The summed E-state index contributed by atoms with van der Waals surface area (Å²) >= 11 is 5.00. The lowest BCUT2D eigenvalue weighted by molar-refractivity contribution is 0.472. The highest BCUT2D eigenvalue weighted by Gasteiger charge is 2.08. The van der Waals surface area contributed by atoms with Gasteiger partial charge >= 0.3 is 0 Å². The van der Waals surface area contributed by atoms with Crippen LogP contribution in [0, 0.1) is 13.8 Å². The van der Waals surface area contributed by atoms with Crippen molar-refractivity contribution in [2.75, 3.05) is 0 Å². The number of nitrogens with two attached hydrogens (primary N) is 1. The van der Waals surface area contributed by atoms with E-state index in [1.54, 1.807) is 0 Å². The monoisotopic (exact) mass is 286 g/mol. The number of aromatic nitrogens is 1. The standard InChI is InChI=1S/C16H18N2OS/c1-4-14-15(8-5-11(3)18-14)19-12-6-7-13(16(17)20)10(2)9-12/h5-9H,4H2,1-3H3,(H2,17,20). The fourth-order valence-corrected chi connectivity index (χ4v) is 2.28. The molecule has 3 nitrogen and oxygen atoms in total. The number of thiocarbonyl (C=S) groups is 1. The molecule has 2 rings (SSSR count). The molecule has 0 radical (unpaired) electrons. The Morgan fingerprint density at radius 2 is 2.00 bits per heavy atom. The topological polar surface area (TPSA) is 48.1 Å². The first-order valence-electron chi connectivity index (χ1n) is 6.56. The first-order chi connectivity index (χ1) is 9.51. The number of rotatable bonds is 4. The molecule has 4 heteroatoms. The average molecular weight is 286 g/mol. The van der Waals surface area contributed by atoms with Crippen molar-refractivity contribution in [1.82, 2.24) is 4.98 Å². The minimum absolute atomic E-state index is 0.403. The van der Waals surface area contributed by atoms with E-state index in [0.29, 0.717) is 4.99 Å². The number of nitrogens with zero attached hydrogens (tertiary/aromatic N) is 1. The maximum atomic E-state index is 5.92. The molecular weight excluding hydrogens is 268 g/mol. The summed E-state index contributed by atoms with van der Waals surface area (Å²) in [6, 6.07) is 9.61. The number of pyridine rings is 1. The van der Waals surface area contributed by atoms with Gasteiger partial charge in [0.25, 0.3) is 0 Å². The molecule has 0 fully saturated rings. The molecule has 0 unspecified atom stereocenters. The van der Waals surface area contributed by atoms with Gasteiger partial charge in [-0.15, -0.1) is 0 Å². The van der Waals surface area contributed by atoms with E-state index >= 15 is 0 Å². The zero-order chi connectivity index (χ0) is 14.7. The van der Waals surface area contributed by atoms with Gasteiger partial charge in [-0.2, -0.15) is 0 Å². The van der Waals surface area contributed by atoms with Gasteiger partial charge < -0.3 is 10.5 Å². The van der Waals surface area contributed by atoms with Crippen molar-refractivity contribution in [3.63, 3.8) is 0 Å². The molecule has 0 aliphatic carbocycles.